The summed E-state index contributed by atoms with van der Waals surface area (Å²) in [7, 11) is 2.66. The number of likely N-dealkylation sites (tertiary alicyclic amines) is 1. The Kier molecular flexibility index (Phi) is 12.6. The summed E-state index contributed by atoms with van der Waals surface area (Å²) in [6.07, 6.45) is 7.61. The van der Waals surface area contributed by atoms with E-state index in [9.17, 15) is 0 Å². The first-order chi connectivity index (χ1) is 12.3. The van der Waals surface area contributed by atoms with Gasteiger partial charge in [0.15, 0.2) is 0 Å². The van der Waals surface area contributed by atoms with E-state index in [0.29, 0.717) is 5.92 Å². The van der Waals surface area contributed by atoms with Crippen LogP contribution in [0.3, 0.4) is 0 Å². The van der Waals surface area contributed by atoms with E-state index in [-0.39, 0.29) is 6.10 Å². The van der Waals surface area contributed by atoms with Crippen molar-refractivity contribution in [2.45, 2.75) is 79.2 Å². The molecule has 0 radical (unpaired) electrons. The first kappa shape index (κ1) is 24.3. The van der Waals surface area contributed by atoms with E-state index < -0.39 is 8.60 Å². The Morgan fingerprint density at radius 3 is 2.00 bits per heavy atom. The summed E-state index contributed by atoms with van der Waals surface area (Å²) >= 11 is 0. The van der Waals surface area contributed by atoms with Crippen LogP contribution in [0.5, 0.6) is 0 Å². The van der Waals surface area contributed by atoms with Gasteiger partial charge in [0.05, 0.1) is 12.7 Å². The molecule has 0 saturated carbocycles. The maximum absolute atomic E-state index is 6.06. The molecule has 1 aliphatic heterocycles. The van der Waals surface area contributed by atoms with Gasteiger partial charge in [0.1, 0.15) is 0 Å². The highest BCUT2D eigenvalue weighted by Gasteiger charge is 2.23. The third kappa shape index (κ3) is 10.6. The van der Waals surface area contributed by atoms with Crippen molar-refractivity contribution in [3.05, 3.63) is 0 Å². The minimum absolute atomic E-state index is 0.285. The SMILES string of the molecule is CCC(C)CC(C)CC(C)CC(C)COP(OC)OC1CCN(C)CC1. The van der Waals surface area contributed by atoms with Gasteiger partial charge in [-0.2, -0.15) is 0 Å². The molecule has 1 rings (SSSR count). The highest BCUT2D eigenvalue weighted by atomic mass is 31.2. The van der Waals surface area contributed by atoms with Gasteiger partial charge >= 0.3 is 8.60 Å². The van der Waals surface area contributed by atoms with E-state index in [4.69, 9.17) is 13.6 Å². The predicted molar refractivity (Wildman–Crippen MR) is 112 cm³/mol. The molecule has 5 atom stereocenters. The van der Waals surface area contributed by atoms with E-state index in [1.807, 2.05) is 0 Å². The highest BCUT2D eigenvalue weighted by molar-refractivity contribution is 7.41. The third-order valence-electron chi connectivity index (χ3n) is 5.63. The van der Waals surface area contributed by atoms with Crippen LogP contribution in [-0.4, -0.2) is 44.9 Å². The fourth-order valence-electron chi connectivity index (χ4n) is 4.01. The Morgan fingerprint density at radius 1 is 0.923 bits per heavy atom. The van der Waals surface area contributed by atoms with Gasteiger partial charge in [0, 0.05) is 20.2 Å². The van der Waals surface area contributed by atoms with E-state index in [1.165, 1.54) is 25.7 Å². The number of rotatable bonds is 13. The Balaban J connectivity index is 2.22. The van der Waals surface area contributed by atoms with Gasteiger partial charge in [0.25, 0.3) is 0 Å². The molecule has 0 spiro atoms. The molecule has 156 valence electrons. The summed E-state index contributed by atoms with van der Waals surface area (Å²) < 4.78 is 17.5. The lowest BCUT2D eigenvalue weighted by atomic mass is 9.85. The van der Waals surface area contributed by atoms with Gasteiger partial charge in [-0.25, -0.2) is 0 Å². The molecular weight excluding hydrogens is 345 g/mol. The van der Waals surface area contributed by atoms with Gasteiger partial charge in [0.2, 0.25) is 0 Å². The lowest BCUT2D eigenvalue weighted by molar-refractivity contribution is 0.0761. The van der Waals surface area contributed by atoms with Gasteiger partial charge in [-0.05, 0) is 62.8 Å². The summed E-state index contributed by atoms with van der Waals surface area (Å²) in [5.41, 5.74) is 0. The topological polar surface area (TPSA) is 30.9 Å². The maximum Gasteiger partial charge on any atom is 0.332 e. The fourth-order valence-corrected chi connectivity index (χ4v) is 5.10. The second-order valence-electron chi connectivity index (χ2n) is 8.85. The zero-order valence-corrected chi connectivity index (χ0v) is 19.3. The van der Waals surface area contributed by atoms with Crippen molar-refractivity contribution in [3.8, 4) is 0 Å². The molecule has 0 aromatic rings. The van der Waals surface area contributed by atoms with Crippen LogP contribution in [0.1, 0.15) is 73.1 Å². The monoisotopic (exact) mass is 389 g/mol. The van der Waals surface area contributed by atoms with Gasteiger partial charge < -0.3 is 18.5 Å². The van der Waals surface area contributed by atoms with Crippen LogP contribution in [0.2, 0.25) is 0 Å². The van der Waals surface area contributed by atoms with Gasteiger partial charge in [-0.15, -0.1) is 0 Å². The summed E-state index contributed by atoms with van der Waals surface area (Å²) in [4.78, 5) is 2.35. The van der Waals surface area contributed by atoms with Crippen molar-refractivity contribution in [1.29, 1.82) is 0 Å². The van der Waals surface area contributed by atoms with Gasteiger partial charge in [-0.3, -0.25) is 0 Å². The van der Waals surface area contributed by atoms with E-state index >= 15 is 0 Å². The Bertz CT molecular complexity index is 350. The molecule has 0 aromatic carbocycles. The lowest BCUT2D eigenvalue weighted by Gasteiger charge is -2.30. The van der Waals surface area contributed by atoms with Crippen LogP contribution in [0.25, 0.3) is 0 Å². The molecule has 0 aliphatic carbocycles. The van der Waals surface area contributed by atoms with Crippen molar-refractivity contribution in [2.24, 2.45) is 23.7 Å². The average Bonchev–Trinajstić information content (AvgIpc) is 2.59. The van der Waals surface area contributed by atoms with E-state index in [0.717, 1.165) is 50.3 Å². The molecule has 1 aliphatic rings. The Morgan fingerprint density at radius 2 is 1.46 bits per heavy atom. The molecule has 1 heterocycles. The molecular formula is C21H44NO3P. The molecule has 1 fully saturated rings. The first-order valence-corrected chi connectivity index (χ1v) is 11.8. The normalized spacial score (nSPS) is 22.7. The zero-order chi connectivity index (χ0) is 19.5. The van der Waals surface area contributed by atoms with E-state index in [2.05, 4.69) is 46.6 Å². The largest absolute Gasteiger partial charge is 0.332 e. The number of hydrogen-bond donors (Lipinski definition) is 0. The Hall–Kier alpha value is 0.270. The van der Waals surface area contributed by atoms with Crippen LogP contribution >= 0.6 is 8.60 Å². The van der Waals surface area contributed by atoms with Gasteiger partial charge in [-0.1, -0.05) is 41.0 Å². The van der Waals surface area contributed by atoms with Crippen molar-refractivity contribution in [3.63, 3.8) is 0 Å². The molecule has 0 amide bonds. The van der Waals surface area contributed by atoms with Crippen LogP contribution in [-0.2, 0) is 13.6 Å². The fraction of sp³-hybridized carbons (Fsp3) is 1.00. The van der Waals surface area contributed by atoms with Crippen LogP contribution in [0.15, 0.2) is 0 Å². The second kappa shape index (κ2) is 13.4. The zero-order valence-electron chi connectivity index (χ0n) is 18.4. The minimum atomic E-state index is -1.20. The van der Waals surface area contributed by atoms with Crippen molar-refractivity contribution in [1.82, 2.24) is 4.90 Å². The van der Waals surface area contributed by atoms with Crippen molar-refractivity contribution >= 4 is 8.60 Å². The van der Waals surface area contributed by atoms with Crippen LogP contribution < -0.4 is 0 Å². The summed E-state index contributed by atoms with van der Waals surface area (Å²) in [6.45, 7) is 14.7. The minimum Gasteiger partial charge on any atom is -0.316 e. The Labute approximate surface area is 164 Å². The molecule has 4 nitrogen and oxygen atoms in total. The predicted octanol–water partition coefficient (Wildman–Crippen LogP) is 6.11. The summed E-state index contributed by atoms with van der Waals surface area (Å²) in [5.74, 6) is 2.95. The third-order valence-corrected chi connectivity index (χ3v) is 6.75. The smallest absolute Gasteiger partial charge is 0.316 e. The molecule has 0 bridgehead atoms. The summed E-state index contributed by atoms with van der Waals surface area (Å²) in [6, 6.07) is 0. The number of hydrogen-bond acceptors (Lipinski definition) is 4. The standard InChI is InChI=1S/C21H44NO3P/c1-8-17(2)13-18(3)14-19(4)15-20(5)16-24-26(23-7)25-21-9-11-22(6)12-10-21/h17-21H,8-16H2,1-7H3. The average molecular weight is 390 g/mol. The molecule has 5 heteroatoms. The molecule has 1 saturated heterocycles. The molecule has 26 heavy (non-hydrogen) atoms. The first-order valence-electron chi connectivity index (χ1n) is 10.7. The highest BCUT2D eigenvalue weighted by Crippen LogP contribution is 2.42. The molecule has 0 aromatic heterocycles. The van der Waals surface area contributed by atoms with Crippen molar-refractivity contribution < 1.29 is 13.6 Å². The lowest BCUT2D eigenvalue weighted by Crippen LogP contribution is -2.33. The number of piperidine rings is 1. The second-order valence-corrected chi connectivity index (χ2v) is 10.1. The quantitative estimate of drug-likeness (QED) is 0.356. The van der Waals surface area contributed by atoms with Crippen LogP contribution in [0, 0.1) is 23.7 Å². The molecule has 5 unspecified atom stereocenters. The number of nitrogens with zero attached hydrogens (tertiary/aromatic N) is 1. The van der Waals surface area contributed by atoms with Crippen LogP contribution in [0.4, 0.5) is 0 Å². The van der Waals surface area contributed by atoms with Crippen molar-refractivity contribution in [2.75, 3.05) is 33.9 Å². The molecule has 0 N–H and O–H groups in total. The maximum atomic E-state index is 6.06. The summed E-state index contributed by atoms with van der Waals surface area (Å²) in [5, 5.41) is 0. The van der Waals surface area contributed by atoms with E-state index in [1.54, 1.807) is 7.11 Å².